The Balaban J connectivity index is 1.37. The summed E-state index contributed by atoms with van der Waals surface area (Å²) in [5.41, 5.74) is 2.91. The number of para-hydroxylation sites is 6. The molecule has 2 aromatic heterocycles. The molecule has 3 N–H and O–H groups in total. The van der Waals surface area contributed by atoms with Crippen LogP contribution in [0.1, 0.15) is 0 Å². The van der Waals surface area contributed by atoms with Crippen molar-refractivity contribution in [3.8, 4) is 0 Å². The monoisotopic (exact) mass is 565 g/mol. The molecule has 0 unspecified atom stereocenters. The van der Waals surface area contributed by atoms with E-state index in [0.29, 0.717) is 33.8 Å². The van der Waals surface area contributed by atoms with Crippen molar-refractivity contribution in [2.75, 3.05) is 20.4 Å². The fraction of sp³-hybridized carbons (Fsp3) is 0. The van der Waals surface area contributed by atoms with Crippen LogP contribution in [0.2, 0.25) is 0 Å². The Bertz CT molecular complexity index is 2240. The second-order valence-electron chi connectivity index (χ2n) is 10.1. The number of hydrogen-bond donors (Lipinski definition) is 3. The van der Waals surface area contributed by atoms with E-state index in [1.165, 1.54) is 9.80 Å². The van der Waals surface area contributed by atoms with Gasteiger partial charge in [0.05, 0.1) is 44.5 Å². The molecule has 4 aliphatic rings. The molecule has 13 nitrogen and oxygen atoms in total. The number of amides is 4. The van der Waals surface area contributed by atoms with Crippen LogP contribution in [0, 0.1) is 0 Å². The molecule has 0 spiro atoms. The number of rotatable bonds is 0. The van der Waals surface area contributed by atoms with Crippen LogP contribution in [-0.2, 0) is 19.2 Å². The van der Waals surface area contributed by atoms with Gasteiger partial charge >= 0.3 is 0 Å². The first-order valence-corrected chi connectivity index (χ1v) is 13.2. The number of aromatic amines is 1. The van der Waals surface area contributed by atoms with Gasteiger partial charge in [0.2, 0.25) is 11.9 Å². The number of nitrogens with one attached hydrogen (secondary N) is 3. The number of carbonyl (C=O) groups is 4. The quantitative estimate of drug-likeness (QED) is 0.251. The van der Waals surface area contributed by atoms with Crippen molar-refractivity contribution in [3.63, 3.8) is 0 Å². The maximum absolute atomic E-state index is 14.0. The van der Waals surface area contributed by atoms with Gasteiger partial charge < -0.3 is 15.6 Å². The minimum Gasteiger partial charge on any atom is -0.350 e. The van der Waals surface area contributed by atoms with E-state index in [1.807, 2.05) is 0 Å². The zero-order valence-corrected chi connectivity index (χ0v) is 21.7. The lowest BCUT2D eigenvalue weighted by molar-refractivity contribution is -0.119. The van der Waals surface area contributed by atoms with E-state index in [2.05, 4.69) is 25.6 Å². The molecule has 0 fully saturated rings. The van der Waals surface area contributed by atoms with Crippen LogP contribution in [-0.4, -0.2) is 50.5 Å². The van der Waals surface area contributed by atoms with Crippen LogP contribution in [0.25, 0.3) is 33.2 Å². The molecule has 13 heteroatoms. The molecule has 6 heterocycles. The van der Waals surface area contributed by atoms with Crippen molar-refractivity contribution in [1.29, 1.82) is 0 Å². The predicted octanol–water partition coefficient (Wildman–Crippen LogP) is 1.12. The molecule has 4 aliphatic heterocycles. The summed E-state index contributed by atoms with van der Waals surface area (Å²) in [6, 6.07) is 21.2. The molecule has 3 aromatic carbocycles. The highest BCUT2D eigenvalue weighted by Crippen LogP contribution is 2.36. The molecule has 0 aliphatic carbocycles. The lowest BCUT2D eigenvalue weighted by Gasteiger charge is -2.21. The van der Waals surface area contributed by atoms with E-state index < -0.39 is 23.6 Å². The Labute approximate surface area is 239 Å². The lowest BCUT2D eigenvalue weighted by atomic mass is 10.1. The van der Waals surface area contributed by atoms with Gasteiger partial charge in [-0.3, -0.25) is 19.2 Å². The van der Waals surface area contributed by atoms with Gasteiger partial charge in [-0.15, -0.1) is 0 Å². The molecule has 0 atom stereocenters. The fourth-order valence-electron chi connectivity index (χ4n) is 5.79. The van der Waals surface area contributed by atoms with E-state index in [4.69, 9.17) is 9.97 Å². The van der Waals surface area contributed by atoms with E-state index in [-0.39, 0.29) is 44.8 Å². The number of fused-ring (bicyclic) bond motifs is 8. The summed E-state index contributed by atoms with van der Waals surface area (Å²) in [4.78, 5) is 78.2. The normalized spacial score (nSPS) is 19.5. The largest absolute Gasteiger partial charge is 0.350 e. The van der Waals surface area contributed by atoms with Crippen molar-refractivity contribution in [2.45, 2.75) is 0 Å². The lowest BCUT2D eigenvalue weighted by Crippen LogP contribution is -2.46. The summed E-state index contributed by atoms with van der Waals surface area (Å²) in [7, 11) is 0. The molecule has 0 saturated heterocycles. The number of benzene rings is 3. The number of aromatic nitrogens is 3. The summed E-state index contributed by atoms with van der Waals surface area (Å²) in [5.74, 6) is -2.76. The molecule has 5 aromatic rings. The molecular formula is C30H15N9O4. The van der Waals surface area contributed by atoms with Gasteiger partial charge in [-0.25, -0.2) is 19.8 Å². The van der Waals surface area contributed by atoms with Gasteiger partial charge in [-0.05, 0) is 36.4 Å². The van der Waals surface area contributed by atoms with Crippen LogP contribution in [0.3, 0.4) is 0 Å². The number of carbonyl (C=O) groups excluding carboxylic acids is 4. The SMILES string of the molecule is O=C1N=C2Nc3ccccc3N2C(=O)C1=c1[nH]c(=C2C(=O)N=C3Nc4ccccc4N3C2=O)c2nc3ccccc3nc12. The zero-order chi connectivity index (χ0) is 29.0. The van der Waals surface area contributed by atoms with Crippen LogP contribution >= 0.6 is 0 Å². The first-order valence-electron chi connectivity index (χ1n) is 13.2. The van der Waals surface area contributed by atoms with Crippen molar-refractivity contribution in [1.82, 2.24) is 15.0 Å². The third-order valence-electron chi connectivity index (χ3n) is 7.68. The number of guanidine groups is 2. The number of nitrogens with zero attached hydrogens (tertiary/aromatic N) is 6. The van der Waals surface area contributed by atoms with Crippen LogP contribution in [0.4, 0.5) is 22.7 Å². The van der Waals surface area contributed by atoms with Crippen molar-refractivity contribution in [3.05, 3.63) is 83.5 Å². The number of hydrogen-bond acceptors (Lipinski definition) is 8. The Morgan fingerprint density at radius 3 is 1.42 bits per heavy atom. The molecule has 0 bridgehead atoms. The van der Waals surface area contributed by atoms with Gasteiger partial charge in [-0.2, -0.15) is 9.98 Å². The molecule has 43 heavy (non-hydrogen) atoms. The highest BCUT2D eigenvalue weighted by Gasteiger charge is 2.42. The summed E-state index contributed by atoms with van der Waals surface area (Å²) >= 11 is 0. The van der Waals surface area contributed by atoms with Crippen molar-refractivity contribution >= 4 is 91.5 Å². The standard InChI is InChI=1S/C30H15N9O4/c40-25-19(27(42)38-17-11-5-3-9-15(17)33-29(38)36-25)21-23-24(32-14-8-2-1-7-13(14)31-23)22(35-21)20-26(41)37-30-34-16-10-4-6-12-18(16)39(30)28(20)43/h1-12,35H,(H,33,36,40)(H,34,37,41). The molecule has 0 saturated carbocycles. The Morgan fingerprint density at radius 2 is 0.953 bits per heavy atom. The maximum atomic E-state index is 14.0. The smallest absolute Gasteiger partial charge is 0.288 e. The summed E-state index contributed by atoms with van der Waals surface area (Å²) in [6.07, 6.45) is 0. The second-order valence-corrected chi connectivity index (χ2v) is 10.1. The first kappa shape index (κ1) is 23.2. The number of H-pyrrole nitrogens is 1. The predicted molar refractivity (Wildman–Crippen MR) is 157 cm³/mol. The third kappa shape index (κ3) is 3.04. The second kappa shape index (κ2) is 8.04. The fourth-order valence-corrected chi connectivity index (χ4v) is 5.79. The van der Waals surface area contributed by atoms with Gasteiger partial charge in [0, 0.05) is 0 Å². The number of aliphatic imine (C=N–C) groups is 2. The minimum absolute atomic E-state index is 0.00624. The van der Waals surface area contributed by atoms with E-state index in [1.54, 1.807) is 72.8 Å². The zero-order valence-electron chi connectivity index (χ0n) is 21.7. The Hall–Kier alpha value is -6.50. The Morgan fingerprint density at radius 1 is 0.535 bits per heavy atom. The van der Waals surface area contributed by atoms with Gasteiger partial charge in [0.15, 0.2) is 0 Å². The topological polar surface area (TPSA) is 165 Å². The van der Waals surface area contributed by atoms with Crippen molar-refractivity contribution < 1.29 is 19.2 Å². The first-order chi connectivity index (χ1) is 21.0. The van der Waals surface area contributed by atoms with Gasteiger partial charge in [-0.1, -0.05) is 36.4 Å². The number of anilines is 4. The maximum Gasteiger partial charge on any atom is 0.288 e. The van der Waals surface area contributed by atoms with E-state index in [0.717, 1.165) is 0 Å². The van der Waals surface area contributed by atoms with E-state index in [9.17, 15) is 19.2 Å². The Kier molecular flexibility index (Phi) is 4.34. The molecular weight excluding hydrogens is 550 g/mol. The molecule has 204 valence electrons. The van der Waals surface area contributed by atoms with Crippen molar-refractivity contribution in [2.24, 2.45) is 9.98 Å². The minimum atomic E-state index is -0.814. The summed E-state index contributed by atoms with van der Waals surface area (Å²) in [5, 5.41) is 5.97. The molecule has 0 radical (unpaired) electrons. The average Bonchev–Trinajstić information content (AvgIpc) is 3.67. The summed E-state index contributed by atoms with van der Waals surface area (Å²) in [6.45, 7) is 0. The van der Waals surface area contributed by atoms with Crippen LogP contribution < -0.4 is 31.1 Å². The van der Waals surface area contributed by atoms with Crippen LogP contribution in [0.5, 0.6) is 0 Å². The summed E-state index contributed by atoms with van der Waals surface area (Å²) < 4.78 is 0. The third-order valence-corrected chi connectivity index (χ3v) is 7.68. The average molecular weight is 566 g/mol. The van der Waals surface area contributed by atoms with Gasteiger partial charge in [0.25, 0.3) is 23.6 Å². The highest BCUT2D eigenvalue weighted by molar-refractivity contribution is 6.55. The molecule has 4 amide bonds. The highest BCUT2D eigenvalue weighted by atomic mass is 16.2. The van der Waals surface area contributed by atoms with Gasteiger partial charge in [0.1, 0.15) is 22.2 Å². The molecule has 9 rings (SSSR count). The van der Waals surface area contributed by atoms with Crippen LogP contribution in [0.15, 0.2) is 82.8 Å². The van der Waals surface area contributed by atoms with E-state index >= 15 is 0 Å².